The fraction of sp³-hybridized carbons (Fsp3) is 0. The minimum Gasteiger partial charge on any atom is -0.451 e. The largest absolute Gasteiger partial charge is 0.451 e. The molecule has 0 bridgehead atoms. The molecule has 0 aliphatic rings. The first-order valence-electron chi connectivity index (χ1n) is 4.54. The van der Waals surface area contributed by atoms with Crippen LogP contribution in [0.3, 0.4) is 0 Å². The van der Waals surface area contributed by atoms with Crippen LogP contribution in [0.4, 0.5) is 13.2 Å². The van der Waals surface area contributed by atoms with E-state index in [9.17, 15) is 13.2 Å². The Hall–Kier alpha value is -1.97. The molecule has 0 radical (unpaired) electrons. The minimum absolute atomic E-state index is 0.284. The summed E-state index contributed by atoms with van der Waals surface area (Å²) >= 11 is 0. The van der Waals surface area contributed by atoms with E-state index in [1.807, 2.05) is 0 Å². The molecule has 82 valence electrons. The van der Waals surface area contributed by atoms with Crippen LogP contribution in [0.15, 0.2) is 42.5 Å². The van der Waals surface area contributed by atoms with E-state index in [1.165, 1.54) is 0 Å². The molecule has 0 aromatic heterocycles. The first-order chi connectivity index (χ1) is 7.66. The van der Waals surface area contributed by atoms with Crippen LogP contribution in [-0.2, 0) is 0 Å². The number of hydrogen-bond donors (Lipinski definition) is 0. The molecule has 2 aromatic carbocycles. The lowest BCUT2D eigenvalue weighted by Crippen LogP contribution is -1.93. The van der Waals surface area contributed by atoms with Gasteiger partial charge in [-0.25, -0.2) is 13.2 Å². The Balaban J connectivity index is 2.35. The fourth-order valence-electron chi connectivity index (χ4n) is 1.23. The van der Waals surface area contributed by atoms with Gasteiger partial charge in [-0.15, -0.1) is 0 Å². The van der Waals surface area contributed by atoms with Gasteiger partial charge < -0.3 is 4.74 Å². The summed E-state index contributed by atoms with van der Waals surface area (Å²) < 4.78 is 44.0. The lowest BCUT2D eigenvalue weighted by atomic mass is 10.3. The van der Waals surface area contributed by atoms with Gasteiger partial charge in [-0.3, -0.25) is 0 Å². The number of benzene rings is 2. The van der Waals surface area contributed by atoms with Gasteiger partial charge in [0.15, 0.2) is 17.4 Å². The molecule has 0 N–H and O–H groups in total. The van der Waals surface area contributed by atoms with Crippen molar-refractivity contribution < 1.29 is 17.9 Å². The molecule has 0 spiro atoms. The van der Waals surface area contributed by atoms with E-state index >= 15 is 0 Å². The van der Waals surface area contributed by atoms with Crippen LogP contribution < -0.4 is 4.74 Å². The third-order valence-electron chi connectivity index (χ3n) is 1.93. The van der Waals surface area contributed by atoms with Gasteiger partial charge in [0, 0.05) is 12.1 Å². The average molecular weight is 224 g/mol. The van der Waals surface area contributed by atoms with Gasteiger partial charge in [0.1, 0.15) is 11.6 Å². The summed E-state index contributed by atoms with van der Waals surface area (Å²) in [7, 11) is 0. The molecule has 4 heteroatoms. The van der Waals surface area contributed by atoms with E-state index in [4.69, 9.17) is 4.74 Å². The smallest absolute Gasteiger partial charge is 0.198 e. The zero-order valence-corrected chi connectivity index (χ0v) is 8.08. The van der Waals surface area contributed by atoms with Crippen molar-refractivity contribution in [3.63, 3.8) is 0 Å². The fourth-order valence-corrected chi connectivity index (χ4v) is 1.23. The molecule has 16 heavy (non-hydrogen) atoms. The van der Waals surface area contributed by atoms with Crippen molar-refractivity contribution in [2.75, 3.05) is 0 Å². The SMILES string of the molecule is Fc1cc(F)c(Oc2ccccc2)c(F)c1. The van der Waals surface area contributed by atoms with Crippen LogP contribution in [0.1, 0.15) is 0 Å². The van der Waals surface area contributed by atoms with E-state index in [-0.39, 0.29) is 5.75 Å². The second-order valence-electron chi connectivity index (χ2n) is 3.11. The first kappa shape index (κ1) is 10.5. The second-order valence-corrected chi connectivity index (χ2v) is 3.11. The summed E-state index contributed by atoms with van der Waals surface area (Å²) in [5.74, 6) is -3.43. The predicted octanol–water partition coefficient (Wildman–Crippen LogP) is 3.90. The highest BCUT2D eigenvalue weighted by Gasteiger charge is 2.13. The zero-order chi connectivity index (χ0) is 11.5. The summed E-state index contributed by atoms with van der Waals surface area (Å²) in [4.78, 5) is 0. The van der Waals surface area contributed by atoms with Gasteiger partial charge in [-0.2, -0.15) is 0 Å². The molecule has 0 saturated heterocycles. The highest BCUT2D eigenvalue weighted by Crippen LogP contribution is 2.27. The second kappa shape index (κ2) is 4.26. The summed E-state index contributed by atoms with van der Waals surface area (Å²) in [6, 6.07) is 9.29. The topological polar surface area (TPSA) is 9.23 Å². The molecular formula is C12H7F3O. The van der Waals surface area contributed by atoms with Crippen molar-refractivity contribution in [3.05, 3.63) is 59.9 Å². The molecule has 0 unspecified atom stereocenters. The lowest BCUT2D eigenvalue weighted by Gasteiger charge is -2.07. The van der Waals surface area contributed by atoms with Crippen LogP contribution in [-0.4, -0.2) is 0 Å². The van der Waals surface area contributed by atoms with Crippen LogP contribution in [0.5, 0.6) is 11.5 Å². The van der Waals surface area contributed by atoms with Crippen molar-refractivity contribution in [3.8, 4) is 11.5 Å². The van der Waals surface area contributed by atoms with Crippen LogP contribution in [0, 0.1) is 17.5 Å². The summed E-state index contributed by atoms with van der Waals surface area (Å²) in [6.45, 7) is 0. The lowest BCUT2D eigenvalue weighted by molar-refractivity contribution is 0.401. The van der Waals surface area contributed by atoms with Gasteiger partial charge in [-0.1, -0.05) is 18.2 Å². The predicted molar refractivity (Wildman–Crippen MR) is 52.8 cm³/mol. The molecule has 2 aromatic rings. The quantitative estimate of drug-likeness (QED) is 0.751. The highest BCUT2D eigenvalue weighted by atomic mass is 19.1. The highest BCUT2D eigenvalue weighted by molar-refractivity contribution is 5.33. The first-order valence-corrected chi connectivity index (χ1v) is 4.54. The van der Waals surface area contributed by atoms with Gasteiger partial charge in [0.2, 0.25) is 0 Å². The maximum atomic E-state index is 13.2. The van der Waals surface area contributed by atoms with Crippen molar-refractivity contribution in [1.82, 2.24) is 0 Å². The van der Waals surface area contributed by atoms with Crippen LogP contribution >= 0.6 is 0 Å². The summed E-state index contributed by atoms with van der Waals surface area (Å²) in [5.41, 5.74) is 0. The van der Waals surface area contributed by atoms with Crippen molar-refractivity contribution in [2.45, 2.75) is 0 Å². The Morgan fingerprint density at radius 2 is 1.38 bits per heavy atom. The van der Waals surface area contributed by atoms with Gasteiger partial charge in [0.25, 0.3) is 0 Å². The summed E-state index contributed by atoms with van der Waals surface area (Å²) in [5, 5.41) is 0. The number of hydrogen-bond acceptors (Lipinski definition) is 1. The van der Waals surface area contributed by atoms with Gasteiger partial charge in [0.05, 0.1) is 0 Å². The molecule has 0 aliphatic heterocycles. The number of halogens is 3. The Morgan fingerprint density at radius 1 is 0.812 bits per heavy atom. The van der Waals surface area contributed by atoms with E-state index in [2.05, 4.69) is 0 Å². The maximum absolute atomic E-state index is 13.2. The van der Waals surface area contributed by atoms with E-state index in [0.29, 0.717) is 12.1 Å². The number of ether oxygens (including phenoxy) is 1. The van der Waals surface area contributed by atoms with Crippen molar-refractivity contribution in [2.24, 2.45) is 0 Å². The molecule has 2 rings (SSSR count). The normalized spacial score (nSPS) is 10.2. The average Bonchev–Trinajstić information content (AvgIpc) is 2.25. The Labute approximate surface area is 90.1 Å². The maximum Gasteiger partial charge on any atom is 0.198 e. The molecule has 0 heterocycles. The molecule has 0 fully saturated rings. The Bertz CT molecular complexity index is 474. The molecule has 1 nitrogen and oxygen atoms in total. The summed E-state index contributed by atoms with van der Waals surface area (Å²) in [6.07, 6.45) is 0. The van der Waals surface area contributed by atoms with Gasteiger partial charge in [-0.05, 0) is 12.1 Å². The van der Waals surface area contributed by atoms with Crippen LogP contribution in [0.25, 0.3) is 0 Å². The van der Waals surface area contributed by atoms with Crippen molar-refractivity contribution >= 4 is 0 Å². The monoisotopic (exact) mass is 224 g/mol. The molecule has 0 amide bonds. The minimum atomic E-state index is -1.07. The van der Waals surface area contributed by atoms with Crippen LogP contribution in [0.2, 0.25) is 0 Å². The molecule has 0 saturated carbocycles. The van der Waals surface area contributed by atoms with E-state index in [0.717, 1.165) is 0 Å². The van der Waals surface area contributed by atoms with Gasteiger partial charge >= 0.3 is 0 Å². The van der Waals surface area contributed by atoms with Crippen molar-refractivity contribution in [1.29, 1.82) is 0 Å². The standard InChI is InChI=1S/C12H7F3O/c13-8-6-10(14)12(11(15)7-8)16-9-4-2-1-3-5-9/h1-7H. The Morgan fingerprint density at radius 3 is 1.94 bits per heavy atom. The zero-order valence-electron chi connectivity index (χ0n) is 8.08. The van der Waals surface area contributed by atoms with E-state index in [1.54, 1.807) is 30.3 Å². The molecule has 0 atom stereocenters. The molecular weight excluding hydrogens is 217 g/mol. The Kier molecular flexibility index (Phi) is 2.81. The third-order valence-corrected chi connectivity index (χ3v) is 1.93. The molecule has 0 aliphatic carbocycles. The third kappa shape index (κ3) is 2.16. The van der Waals surface area contributed by atoms with E-state index < -0.39 is 23.2 Å². The number of para-hydroxylation sites is 1. The number of rotatable bonds is 2.